The van der Waals surface area contributed by atoms with Crippen LogP contribution in [0, 0.1) is 0 Å². The molecule has 0 aromatic heterocycles. The smallest absolute Gasteiger partial charge is 0.410 e. The van der Waals surface area contributed by atoms with Gasteiger partial charge in [-0.15, -0.1) is 0 Å². The first-order valence-corrected chi connectivity index (χ1v) is 8.05. The van der Waals surface area contributed by atoms with Crippen molar-refractivity contribution in [2.45, 2.75) is 19.3 Å². The minimum atomic E-state index is -0.292. The molecule has 1 saturated heterocycles. The van der Waals surface area contributed by atoms with E-state index in [1.54, 1.807) is 4.90 Å². The van der Waals surface area contributed by atoms with E-state index in [0.29, 0.717) is 5.76 Å². The van der Waals surface area contributed by atoms with Gasteiger partial charge < -0.3 is 9.64 Å². The largest absolute Gasteiger partial charge is 0.415 e. The van der Waals surface area contributed by atoms with Gasteiger partial charge in [0.2, 0.25) is 0 Å². The van der Waals surface area contributed by atoms with E-state index in [1.165, 1.54) is 6.42 Å². The Hall–Kier alpha value is -2.55. The Bertz CT molecular complexity index is 688. The lowest BCUT2D eigenvalue weighted by molar-refractivity contribution is 0.134. The average Bonchev–Trinajstić information content (AvgIpc) is 2.63. The number of carbonyl (C=O) groups is 1. The Balaban J connectivity index is 1.71. The third-order valence-corrected chi connectivity index (χ3v) is 4.12. The van der Waals surface area contributed by atoms with Gasteiger partial charge in [-0.25, -0.2) is 4.79 Å². The van der Waals surface area contributed by atoms with E-state index < -0.39 is 0 Å². The summed E-state index contributed by atoms with van der Waals surface area (Å²) in [6.07, 6.45) is 2.99. The molecule has 0 radical (unpaired) electrons. The maximum absolute atomic E-state index is 12.2. The number of hydrogen-bond acceptors (Lipinski definition) is 2. The van der Waals surface area contributed by atoms with E-state index >= 15 is 0 Å². The SMILES string of the molecule is C=C(OC(=O)N1CCCCC1)c1cccc(-c2ccccc2)c1. The second kappa shape index (κ2) is 7.14. The van der Waals surface area contributed by atoms with Crippen LogP contribution in [0.3, 0.4) is 0 Å². The molecule has 0 N–H and O–H groups in total. The third-order valence-electron chi connectivity index (χ3n) is 4.12. The highest BCUT2D eigenvalue weighted by Gasteiger charge is 2.19. The quantitative estimate of drug-likeness (QED) is 0.751. The zero-order chi connectivity index (χ0) is 16.1. The van der Waals surface area contributed by atoms with Crippen molar-refractivity contribution in [1.29, 1.82) is 0 Å². The van der Waals surface area contributed by atoms with Crippen LogP contribution in [-0.2, 0) is 4.74 Å². The molecule has 3 heteroatoms. The molecule has 3 nitrogen and oxygen atoms in total. The van der Waals surface area contributed by atoms with E-state index in [9.17, 15) is 4.79 Å². The van der Waals surface area contributed by atoms with Crippen molar-refractivity contribution in [3.8, 4) is 11.1 Å². The Kier molecular flexibility index (Phi) is 4.77. The lowest BCUT2D eigenvalue weighted by Gasteiger charge is -2.26. The van der Waals surface area contributed by atoms with Crippen LogP contribution in [0.5, 0.6) is 0 Å². The summed E-state index contributed by atoms with van der Waals surface area (Å²) in [4.78, 5) is 13.9. The summed E-state index contributed by atoms with van der Waals surface area (Å²) in [6, 6.07) is 18.0. The van der Waals surface area contributed by atoms with Crippen molar-refractivity contribution in [1.82, 2.24) is 4.90 Å². The molecular formula is C20H21NO2. The highest BCUT2D eigenvalue weighted by atomic mass is 16.6. The van der Waals surface area contributed by atoms with E-state index in [4.69, 9.17) is 4.74 Å². The van der Waals surface area contributed by atoms with Gasteiger partial charge in [-0.3, -0.25) is 0 Å². The molecule has 0 atom stereocenters. The maximum atomic E-state index is 12.2. The Morgan fingerprint density at radius 3 is 2.35 bits per heavy atom. The number of rotatable bonds is 3. The topological polar surface area (TPSA) is 29.5 Å². The molecule has 118 valence electrons. The number of piperidine rings is 1. The van der Waals surface area contributed by atoms with Crippen LogP contribution in [0.4, 0.5) is 4.79 Å². The van der Waals surface area contributed by atoms with Gasteiger partial charge in [-0.2, -0.15) is 0 Å². The summed E-state index contributed by atoms with van der Waals surface area (Å²) in [5.41, 5.74) is 3.04. The zero-order valence-electron chi connectivity index (χ0n) is 13.2. The summed E-state index contributed by atoms with van der Waals surface area (Å²) >= 11 is 0. The summed E-state index contributed by atoms with van der Waals surface area (Å²) in [7, 11) is 0. The van der Waals surface area contributed by atoms with Gasteiger partial charge in [-0.05, 0) is 36.5 Å². The number of benzene rings is 2. The molecule has 1 heterocycles. The average molecular weight is 307 g/mol. The fraction of sp³-hybridized carbons (Fsp3) is 0.250. The highest BCUT2D eigenvalue weighted by Crippen LogP contribution is 2.24. The molecule has 2 aromatic rings. The summed E-state index contributed by atoms with van der Waals surface area (Å²) in [6.45, 7) is 5.47. The lowest BCUT2D eigenvalue weighted by Crippen LogP contribution is -2.35. The molecule has 2 aromatic carbocycles. The molecule has 0 spiro atoms. The van der Waals surface area contributed by atoms with Crippen LogP contribution in [-0.4, -0.2) is 24.1 Å². The van der Waals surface area contributed by atoms with E-state index in [1.807, 2.05) is 42.5 Å². The molecule has 1 fully saturated rings. The van der Waals surface area contributed by atoms with Crippen molar-refractivity contribution in [2.24, 2.45) is 0 Å². The van der Waals surface area contributed by atoms with Gasteiger partial charge in [0.05, 0.1) is 0 Å². The summed E-state index contributed by atoms with van der Waals surface area (Å²) in [5.74, 6) is 0.401. The number of ether oxygens (including phenoxy) is 1. The van der Waals surface area contributed by atoms with Crippen molar-refractivity contribution < 1.29 is 9.53 Å². The minimum Gasteiger partial charge on any atom is -0.410 e. The highest BCUT2D eigenvalue weighted by molar-refractivity contribution is 5.78. The molecule has 3 rings (SSSR count). The van der Waals surface area contributed by atoms with Gasteiger partial charge in [0.25, 0.3) is 0 Å². The van der Waals surface area contributed by atoms with E-state index in [0.717, 1.165) is 42.6 Å². The lowest BCUT2D eigenvalue weighted by atomic mass is 10.0. The van der Waals surface area contributed by atoms with Crippen LogP contribution in [0.1, 0.15) is 24.8 Å². The molecule has 0 aliphatic carbocycles. The molecule has 0 unspecified atom stereocenters. The number of nitrogens with zero attached hydrogens (tertiary/aromatic N) is 1. The van der Waals surface area contributed by atoms with Crippen molar-refractivity contribution in [3.05, 3.63) is 66.7 Å². The van der Waals surface area contributed by atoms with Crippen LogP contribution in [0.25, 0.3) is 16.9 Å². The summed E-state index contributed by atoms with van der Waals surface area (Å²) < 4.78 is 5.46. The standard InChI is InChI=1S/C20H21NO2/c1-16(23-20(22)21-13-6-3-7-14-21)18-11-8-12-19(15-18)17-9-4-2-5-10-17/h2,4-5,8-12,15H,1,3,6-7,13-14H2. The Morgan fingerprint density at radius 2 is 1.61 bits per heavy atom. The molecule has 23 heavy (non-hydrogen) atoms. The van der Waals surface area contributed by atoms with E-state index in [-0.39, 0.29) is 6.09 Å². The van der Waals surface area contributed by atoms with Gasteiger partial charge in [0.1, 0.15) is 5.76 Å². The minimum absolute atomic E-state index is 0.292. The fourth-order valence-corrected chi connectivity index (χ4v) is 2.81. The van der Waals surface area contributed by atoms with Crippen LogP contribution >= 0.6 is 0 Å². The molecular weight excluding hydrogens is 286 g/mol. The van der Waals surface area contributed by atoms with Crippen LogP contribution < -0.4 is 0 Å². The zero-order valence-corrected chi connectivity index (χ0v) is 13.2. The van der Waals surface area contributed by atoms with Crippen molar-refractivity contribution in [2.75, 3.05) is 13.1 Å². The molecule has 1 aliphatic heterocycles. The van der Waals surface area contributed by atoms with Crippen molar-refractivity contribution >= 4 is 11.9 Å². The van der Waals surface area contributed by atoms with E-state index in [2.05, 4.69) is 18.7 Å². The van der Waals surface area contributed by atoms with Gasteiger partial charge >= 0.3 is 6.09 Å². The normalized spacial score (nSPS) is 14.3. The molecule has 1 aliphatic rings. The third kappa shape index (κ3) is 3.81. The first-order valence-electron chi connectivity index (χ1n) is 8.05. The van der Waals surface area contributed by atoms with Gasteiger partial charge in [0, 0.05) is 18.7 Å². The molecule has 1 amide bonds. The van der Waals surface area contributed by atoms with Gasteiger partial charge in [0.15, 0.2) is 0 Å². The second-order valence-corrected chi connectivity index (χ2v) is 5.79. The second-order valence-electron chi connectivity index (χ2n) is 5.79. The Labute approximate surface area is 137 Å². The maximum Gasteiger partial charge on any atom is 0.415 e. The fourth-order valence-electron chi connectivity index (χ4n) is 2.81. The molecule has 0 bridgehead atoms. The van der Waals surface area contributed by atoms with Crippen LogP contribution in [0.15, 0.2) is 61.2 Å². The monoisotopic (exact) mass is 307 g/mol. The number of likely N-dealkylation sites (tertiary alicyclic amines) is 1. The van der Waals surface area contributed by atoms with Crippen molar-refractivity contribution in [3.63, 3.8) is 0 Å². The number of carbonyl (C=O) groups excluding carboxylic acids is 1. The van der Waals surface area contributed by atoms with Crippen LogP contribution in [0.2, 0.25) is 0 Å². The molecule has 0 saturated carbocycles. The first kappa shape index (κ1) is 15.3. The number of amides is 1. The number of hydrogen-bond donors (Lipinski definition) is 0. The first-order chi connectivity index (χ1) is 11.2. The van der Waals surface area contributed by atoms with Gasteiger partial charge in [-0.1, -0.05) is 55.1 Å². The predicted octanol–water partition coefficient (Wildman–Crippen LogP) is 4.95. The Morgan fingerprint density at radius 1 is 0.913 bits per heavy atom. The summed E-state index contributed by atoms with van der Waals surface area (Å²) in [5, 5.41) is 0. The predicted molar refractivity (Wildman–Crippen MR) is 92.8 cm³/mol.